The van der Waals surface area contributed by atoms with Crippen LogP contribution in [0, 0.1) is 5.92 Å². The number of hydrogen-bond donors (Lipinski definition) is 2. The molecule has 2 heterocycles. The zero-order chi connectivity index (χ0) is 11.4. The van der Waals surface area contributed by atoms with Crippen molar-refractivity contribution in [2.45, 2.75) is 19.3 Å². The topological polar surface area (TPSA) is 61.4 Å². The Morgan fingerprint density at radius 2 is 2.19 bits per heavy atom. The molecule has 0 unspecified atom stereocenters. The largest absolute Gasteiger partial charge is 0.354 e. The minimum absolute atomic E-state index is 0.0528. The molecule has 1 atom stereocenters. The maximum absolute atomic E-state index is 12.2. The molecule has 2 aliphatic rings. The van der Waals surface area contributed by atoms with Gasteiger partial charge >= 0.3 is 0 Å². The number of rotatable bonds is 1. The second-order valence-electron chi connectivity index (χ2n) is 4.47. The molecule has 2 aliphatic heterocycles. The van der Waals surface area contributed by atoms with E-state index in [1.807, 2.05) is 4.90 Å². The molecule has 0 aromatic heterocycles. The van der Waals surface area contributed by atoms with Gasteiger partial charge in [0.15, 0.2) is 0 Å². The molecule has 2 amide bonds. The van der Waals surface area contributed by atoms with Crippen LogP contribution in [0.2, 0.25) is 0 Å². The van der Waals surface area contributed by atoms with Crippen LogP contribution in [0.5, 0.6) is 0 Å². The molecular weight excluding hydrogens is 206 g/mol. The Hall–Kier alpha value is -1.10. The quantitative estimate of drug-likeness (QED) is 0.622. The Kier molecular flexibility index (Phi) is 3.77. The number of carbonyl (C=O) groups excluding carboxylic acids is 2. The first-order chi connectivity index (χ1) is 7.77. The molecule has 2 fully saturated rings. The average Bonchev–Trinajstić information content (AvgIpc) is 2.54. The highest BCUT2D eigenvalue weighted by Gasteiger charge is 2.26. The third-order valence-corrected chi connectivity index (χ3v) is 3.27. The van der Waals surface area contributed by atoms with Crippen molar-refractivity contribution in [1.29, 1.82) is 0 Å². The molecule has 0 saturated carbocycles. The maximum Gasteiger partial charge on any atom is 0.227 e. The summed E-state index contributed by atoms with van der Waals surface area (Å²) >= 11 is 0. The highest BCUT2D eigenvalue weighted by Crippen LogP contribution is 2.14. The molecule has 2 N–H and O–H groups in total. The van der Waals surface area contributed by atoms with Gasteiger partial charge in [-0.2, -0.15) is 0 Å². The molecule has 2 saturated heterocycles. The second kappa shape index (κ2) is 5.30. The first kappa shape index (κ1) is 11.4. The maximum atomic E-state index is 12.2. The predicted molar refractivity (Wildman–Crippen MR) is 59.8 cm³/mol. The molecule has 0 aromatic carbocycles. The monoisotopic (exact) mass is 225 g/mol. The van der Waals surface area contributed by atoms with Gasteiger partial charge in [-0.1, -0.05) is 0 Å². The smallest absolute Gasteiger partial charge is 0.227 e. The predicted octanol–water partition coefficient (Wildman–Crippen LogP) is -0.665. The molecule has 0 spiro atoms. The Morgan fingerprint density at radius 1 is 1.31 bits per heavy atom. The van der Waals surface area contributed by atoms with Gasteiger partial charge in [0.25, 0.3) is 0 Å². The van der Waals surface area contributed by atoms with Crippen LogP contribution in [0.15, 0.2) is 0 Å². The first-order valence-corrected chi connectivity index (χ1v) is 6.03. The zero-order valence-corrected chi connectivity index (χ0v) is 9.50. The van der Waals surface area contributed by atoms with Crippen LogP contribution in [-0.2, 0) is 9.59 Å². The van der Waals surface area contributed by atoms with E-state index in [9.17, 15) is 9.59 Å². The standard InChI is InChI=1S/C11H19N3O2/c15-10-3-6-14(7-5-13-10)11(16)9-2-1-4-12-8-9/h9,12H,1-8H2,(H,13,15)/t9-/m1/s1. The number of piperidine rings is 1. The van der Waals surface area contributed by atoms with E-state index in [1.165, 1.54) is 0 Å². The number of hydrogen-bond acceptors (Lipinski definition) is 3. The summed E-state index contributed by atoms with van der Waals surface area (Å²) in [6.07, 6.45) is 2.48. The summed E-state index contributed by atoms with van der Waals surface area (Å²) < 4.78 is 0. The van der Waals surface area contributed by atoms with Crippen LogP contribution in [0.4, 0.5) is 0 Å². The van der Waals surface area contributed by atoms with Crippen molar-refractivity contribution in [3.8, 4) is 0 Å². The van der Waals surface area contributed by atoms with Crippen molar-refractivity contribution in [3.63, 3.8) is 0 Å². The highest BCUT2D eigenvalue weighted by molar-refractivity contribution is 5.81. The van der Waals surface area contributed by atoms with Crippen LogP contribution in [0.1, 0.15) is 19.3 Å². The molecule has 5 heteroatoms. The lowest BCUT2D eigenvalue weighted by molar-refractivity contribution is -0.135. The first-order valence-electron chi connectivity index (χ1n) is 6.03. The van der Waals surface area contributed by atoms with Crippen LogP contribution >= 0.6 is 0 Å². The second-order valence-corrected chi connectivity index (χ2v) is 4.47. The van der Waals surface area contributed by atoms with E-state index in [4.69, 9.17) is 0 Å². The van der Waals surface area contributed by atoms with Gasteiger partial charge in [0.1, 0.15) is 0 Å². The Labute approximate surface area is 95.6 Å². The van der Waals surface area contributed by atoms with Gasteiger partial charge in [0.05, 0.1) is 5.92 Å². The summed E-state index contributed by atoms with van der Waals surface area (Å²) in [4.78, 5) is 25.2. The summed E-state index contributed by atoms with van der Waals surface area (Å²) in [5, 5.41) is 6.03. The summed E-state index contributed by atoms with van der Waals surface area (Å²) in [6, 6.07) is 0. The fourth-order valence-corrected chi connectivity index (χ4v) is 2.31. The lowest BCUT2D eigenvalue weighted by Crippen LogP contribution is -2.44. The summed E-state index contributed by atoms with van der Waals surface area (Å²) in [5.41, 5.74) is 0. The Balaban J connectivity index is 1.89. The Morgan fingerprint density at radius 3 is 2.94 bits per heavy atom. The molecule has 0 radical (unpaired) electrons. The molecule has 16 heavy (non-hydrogen) atoms. The molecule has 0 bridgehead atoms. The van der Waals surface area contributed by atoms with E-state index in [0.29, 0.717) is 26.1 Å². The van der Waals surface area contributed by atoms with Crippen molar-refractivity contribution in [3.05, 3.63) is 0 Å². The zero-order valence-electron chi connectivity index (χ0n) is 9.50. The SMILES string of the molecule is O=C1CCN(C(=O)[C@@H]2CCCNC2)CCN1. The summed E-state index contributed by atoms with van der Waals surface area (Å²) in [5.74, 6) is 0.378. The van der Waals surface area contributed by atoms with Gasteiger partial charge in [-0.15, -0.1) is 0 Å². The number of nitrogens with one attached hydrogen (secondary N) is 2. The summed E-state index contributed by atoms with van der Waals surface area (Å²) in [6.45, 7) is 3.62. The normalized spacial score (nSPS) is 27.1. The fourth-order valence-electron chi connectivity index (χ4n) is 2.31. The third kappa shape index (κ3) is 2.72. The molecule has 2 rings (SSSR count). The van der Waals surface area contributed by atoms with Gasteiger partial charge in [0.2, 0.25) is 11.8 Å². The van der Waals surface area contributed by atoms with Gasteiger partial charge in [-0.3, -0.25) is 9.59 Å². The van der Waals surface area contributed by atoms with E-state index in [1.54, 1.807) is 0 Å². The van der Waals surface area contributed by atoms with Crippen LogP contribution < -0.4 is 10.6 Å². The van der Waals surface area contributed by atoms with Crippen molar-refractivity contribution < 1.29 is 9.59 Å². The molecular formula is C11H19N3O2. The number of carbonyl (C=O) groups is 2. The number of nitrogens with zero attached hydrogens (tertiary/aromatic N) is 1. The third-order valence-electron chi connectivity index (χ3n) is 3.27. The highest BCUT2D eigenvalue weighted by atomic mass is 16.2. The van der Waals surface area contributed by atoms with Crippen molar-refractivity contribution >= 4 is 11.8 Å². The van der Waals surface area contributed by atoms with Gasteiger partial charge < -0.3 is 15.5 Å². The fraction of sp³-hybridized carbons (Fsp3) is 0.818. The molecule has 90 valence electrons. The summed E-state index contributed by atoms with van der Waals surface area (Å²) in [7, 11) is 0. The molecule has 5 nitrogen and oxygen atoms in total. The van der Waals surface area contributed by atoms with Crippen LogP contribution in [-0.4, -0.2) is 49.4 Å². The van der Waals surface area contributed by atoms with E-state index < -0.39 is 0 Å². The minimum atomic E-state index is 0.0528. The average molecular weight is 225 g/mol. The lowest BCUT2D eigenvalue weighted by Gasteiger charge is -2.28. The molecule has 0 aliphatic carbocycles. The van der Waals surface area contributed by atoms with Crippen molar-refractivity contribution in [2.75, 3.05) is 32.7 Å². The van der Waals surface area contributed by atoms with Gasteiger partial charge in [-0.05, 0) is 19.4 Å². The van der Waals surface area contributed by atoms with E-state index in [-0.39, 0.29) is 17.7 Å². The Bertz CT molecular complexity index is 274. The van der Waals surface area contributed by atoms with Crippen LogP contribution in [0.3, 0.4) is 0 Å². The van der Waals surface area contributed by atoms with E-state index in [0.717, 1.165) is 25.9 Å². The van der Waals surface area contributed by atoms with Gasteiger partial charge in [-0.25, -0.2) is 0 Å². The number of amides is 2. The molecule has 0 aromatic rings. The minimum Gasteiger partial charge on any atom is -0.354 e. The van der Waals surface area contributed by atoms with E-state index >= 15 is 0 Å². The van der Waals surface area contributed by atoms with E-state index in [2.05, 4.69) is 10.6 Å². The van der Waals surface area contributed by atoms with Crippen molar-refractivity contribution in [1.82, 2.24) is 15.5 Å². The van der Waals surface area contributed by atoms with Gasteiger partial charge in [0, 0.05) is 32.6 Å². The van der Waals surface area contributed by atoms with Crippen LogP contribution in [0.25, 0.3) is 0 Å². The lowest BCUT2D eigenvalue weighted by atomic mass is 9.98. The van der Waals surface area contributed by atoms with Crippen molar-refractivity contribution in [2.24, 2.45) is 5.92 Å².